The lowest BCUT2D eigenvalue weighted by Gasteiger charge is -2.28. The normalized spacial score (nSPS) is 24.3. The maximum atomic E-state index is 5.25. The first-order valence-corrected chi connectivity index (χ1v) is 4.75. The zero-order valence-corrected chi connectivity index (χ0v) is 8.16. The monoisotopic (exact) mass is 200 g/mol. The molecular weight excluding hydrogens is 188 g/mol. The third kappa shape index (κ3) is 2.43. The minimum absolute atomic E-state index is 0.674. The number of hydrogen-bond donors (Lipinski definition) is 0. The Bertz CT molecular complexity index is 227. The van der Waals surface area contributed by atoms with Gasteiger partial charge in [0, 0.05) is 13.1 Å². The van der Waals surface area contributed by atoms with Gasteiger partial charge in [-0.05, 0) is 0 Å². The van der Waals surface area contributed by atoms with Crippen molar-refractivity contribution in [3.63, 3.8) is 0 Å². The molecule has 0 N–H and O–H groups in total. The van der Waals surface area contributed by atoms with Crippen molar-refractivity contribution in [2.75, 3.05) is 39.5 Å². The second-order valence-electron chi connectivity index (χ2n) is 3.12. The minimum atomic E-state index is 0.674. The second-order valence-corrected chi connectivity index (χ2v) is 3.59. The molecule has 0 radical (unpaired) electrons. The molecule has 72 valence electrons. The summed E-state index contributed by atoms with van der Waals surface area (Å²) in [5.74, 6) is 0. The van der Waals surface area contributed by atoms with Crippen LogP contribution in [0.2, 0.25) is 0 Å². The second kappa shape index (κ2) is 4.08. The van der Waals surface area contributed by atoms with Gasteiger partial charge in [-0.3, -0.25) is 9.91 Å². The molecule has 0 aromatic rings. The highest BCUT2D eigenvalue weighted by Gasteiger charge is 2.17. The van der Waals surface area contributed by atoms with Crippen molar-refractivity contribution in [2.24, 2.45) is 10.3 Å². The van der Waals surface area contributed by atoms with Crippen LogP contribution in [0.1, 0.15) is 0 Å². The molecule has 2 heterocycles. The lowest BCUT2D eigenvalue weighted by molar-refractivity contribution is 0.0134. The van der Waals surface area contributed by atoms with Crippen molar-refractivity contribution in [2.45, 2.75) is 0 Å². The Hall–Kier alpha value is -0.590. The standard InChI is InChI=1S/C7H12N4OS/c13-7-5-11(9-8-7)6-10-1-3-12-4-2-10/h1-6H2. The van der Waals surface area contributed by atoms with Crippen molar-refractivity contribution in [1.29, 1.82) is 0 Å². The number of thiocarbonyl (C=S) groups is 1. The molecule has 2 rings (SSSR count). The summed E-state index contributed by atoms with van der Waals surface area (Å²) >= 11 is 4.92. The van der Waals surface area contributed by atoms with Crippen molar-refractivity contribution < 1.29 is 4.74 Å². The van der Waals surface area contributed by atoms with Gasteiger partial charge in [0.25, 0.3) is 0 Å². The highest BCUT2D eigenvalue weighted by atomic mass is 32.1. The Morgan fingerprint density at radius 2 is 2.15 bits per heavy atom. The predicted molar refractivity (Wildman–Crippen MR) is 51.4 cm³/mol. The Balaban J connectivity index is 1.77. The summed E-state index contributed by atoms with van der Waals surface area (Å²) in [7, 11) is 0. The summed E-state index contributed by atoms with van der Waals surface area (Å²) in [6.07, 6.45) is 0. The molecule has 2 aliphatic rings. The molecule has 1 fully saturated rings. The van der Waals surface area contributed by atoms with E-state index in [9.17, 15) is 0 Å². The number of rotatable bonds is 2. The first-order chi connectivity index (χ1) is 6.34. The summed E-state index contributed by atoms with van der Waals surface area (Å²) in [6.45, 7) is 5.07. The van der Waals surface area contributed by atoms with Gasteiger partial charge >= 0.3 is 0 Å². The molecule has 0 aromatic carbocycles. The zero-order valence-electron chi connectivity index (χ0n) is 7.35. The SMILES string of the molecule is S=C1CN(CN2CCOCC2)N=N1. The van der Waals surface area contributed by atoms with Crippen LogP contribution >= 0.6 is 12.2 Å². The molecule has 0 atom stereocenters. The molecule has 0 spiro atoms. The van der Waals surface area contributed by atoms with Crippen LogP contribution in [0.4, 0.5) is 0 Å². The van der Waals surface area contributed by atoms with E-state index in [1.54, 1.807) is 0 Å². The average molecular weight is 200 g/mol. The smallest absolute Gasteiger partial charge is 0.148 e. The van der Waals surface area contributed by atoms with Crippen LogP contribution in [-0.4, -0.2) is 54.4 Å². The number of morpholine rings is 1. The van der Waals surface area contributed by atoms with Gasteiger partial charge in [-0.15, -0.1) is 5.11 Å². The fourth-order valence-corrected chi connectivity index (χ4v) is 1.57. The topological polar surface area (TPSA) is 40.4 Å². The molecule has 0 amide bonds. The van der Waals surface area contributed by atoms with E-state index in [1.807, 2.05) is 5.01 Å². The van der Waals surface area contributed by atoms with E-state index in [-0.39, 0.29) is 0 Å². The van der Waals surface area contributed by atoms with Gasteiger partial charge in [0.05, 0.1) is 26.4 Å². The van der Waals surface area contributed by atoms with E-state index in [0.29, 0.717) is 11.5 Å². The molecule has 0 bridgehead atoms. The van der Waals surface area contributed by atoms with Crippen LogP contribution < -0.4 is 0 Å². The van der Waals surface area contributed by atoms with E-state index in [0.717, 1.165) is 33.0 Å². The number of hydrogen-bond acceptors (Lipinski definition) is 5. The van der Waals surface area contributed by atoms with Crippen LogP contribution in [0.5, 0.6) is 0 Å². The molecule has 0 aromatic heterocycles. The number of nitrogens with zero attached hydrogens (tertiary/aromatic N) is 4. The van der Waals surface area contributed by atoms with E-state index >= 15 is 0 Å². The van der Waals surface area contributed by atoms with Gasteiger partial charge in [0.2, 0.25) is 0 Å². The van der Waals surface area contributed by atoms with Crippen molar-refractivity contribution in [1.82, 2.24) is 9.91 Å². The van der Waals surface area contributed by atoms with Crippen molar-refractivity contribution >= 4 is 17.2 Å². The van der Waals surface area contributed by atoms with Crippen molar-refractivity contribution in [3.8, 4) is 0 Å². The third-order valence-corrected chi connectivity index (χ3v) is 2.28. The maximum absolute atomic E-state index is 5.25. The fourth-order valence-electron chi connectivity index (χ4n) is 1.38. The number of ether oxygens (including phenoxy) is 1. The van der Waals surface area contributed by atoms with Crippen LogP contribution in [0.15, 0.2) is 10.3 Å². The molecule has 1 saturated heterocycles. The quantitative estimate of drug-likeness (QED) is 0.601. The summed E-state index contributed by atoms with van der Waals surface area (Å²) in [6, 6.07) is 0. The van der Waals surface area contributed by atoms with Crippen LogP contribution in [-0.2, 0) is 4.74 Å². The highest BCUT2D eigenvalue weighted by molar-refractivity contribution is 7.80. The van der Waals surface area contributed by atoms with Gasteiger partial charge in [-0.1, -0.05) is 17.4 Å². The van der Waals surface area contributed by atoms with Gasteiger partial charge in [0.1, 0.15) is 4.99 Å². The molecule has 5 nitrogen and oxygen atoms in total. The largest absolute Gasteiger partial charge is 0.379 e. The summed E-state index contributed by atoms with van der Waals surface area (Å²) in [5.41, 5.74) is 0. The van der Waals surface area contributed by atoms with E-state index in [4.69, 9.17) is 17.0 Å². The molecular formula is C7H12N4OS. The summed E-state index contributed by atoms with van der Waals surface area (Å²) in [4.78, 5) is 2.96. The third-order valence-electron chi connectivity index (χ3n) is 2.07. The van der Waals surface area contributed by atoms with Gasteiger partial charge in [0.15, 0.2) is 0 Å². The molecule has 0 aliphatic carbocycles. The van der Waals surface area contributed by atoms with Crippen LogP contribution in [0, 0.1) is 0 Å². The first-order valence-electron chi connectivity index (χ1n) is 4.34. The van der Waals surface area contributed by atoms with E-state index < -0.39 is 0 Å². The van der Waals surface area contributed by atoms with Crippen LogP contribution in [0.3, 0.4) is 0 Å². The zero-order chi connectivity index (χ0) is 9.10. The molecule has 0 unspecified atom stereocenters. The van der Waals surface area contributed by atoms with Gasteiger partial charge in [-0.2, -0.15) is 0 Å². The van der Waals surface area contributed by atoms with Gasteiger partial charge in [-0.25, -0.2) is 0 Å². The Kier molecular flexibility index (Phi) is 2.82. The molecule has 0 saturated carbocycles. The van der Waals surface area contributed by atoms with E-state index in [2.05, 4.69) is 15.2 Å². The molecule has 6 heteroatoms. The van der Waals surface area contributed by atoms with Gasteiger partial charge < -0.3 is 4.74 Å². The van der Waals surface area contributed by atoms with E-state index in [1.165, 1.54) is 0 Å². The lowest BCUT2D eigenvalue weighted by Crippen LogP contribution is -2.42. The average Bonchev–Trinajstić information content (AvgIpc) is 2.53. The Labute approximate surface area is 82.3 Å². The summed E-state index contributed by atoms with van der Waals surface area (Å²) in [5, 5.41) is 9.64. The lowest BCUT2D eigenvalue weighted by atomic mass is 10.4. The fraction of sp³-hybridized carbons (Fsp3) is 0.857. The van der Waals surface area contributed by atoms with Crippen molar-refractivity contribution in [3.05, 3.63) is 0 Å². The molecule has 2 aliphatic heterocycles. The molecule has 13 heavy (non-hydrogen) atoms. The Morgan fingerprint density at radius 1 is 1.38 bits per heavy atom. The van der Waals surface area contributed by atoms with Crippen LogP contribution in [0.25, 0.3) is 0 Å². The first kappa shape index (κ1) is 8.98. The highest BCUT2D eigenvalue weighted by Crippen LogP contribution is 2.06. The predicted octanol–water partition coefficient (Wildman–Crippen LogP) is 0.286. The Morgan fingerprint density at radius 3 is 2.77 bits per heavy atom. The summed E-state index contributed by atoms with van der Waals surface area (Å²) < 4.78 is 5.25. The maximum Gasteiger partial charge on any atom is 0.148 e. The minimum Gasteiger partial charge on any atom is -0.379 e.